The monoisotopic (exact) mass is 382 g/mol. The number of carbonyl (C=O) groups excluding carboxylic acids is 1. The van der Waals surface area contributed by atoms with E-state index in [1.807, 2.05) is 0 Å². The van der Waals surface area contributed by atoms with Crippen LogP contribution in [0.25, 0.3) is 0 Å². The van der Waals surface area contributed by atoms with Crippen LogP contribution in [0.5, 0.6) is 0 Å². The van der Waals surface area contributed by atoms with E-state index in [0.717, 1.165) is 17.0 Å². The van der Waals surface area contributed by atoms with E-state index >= 15 is 0 Å². The maximum absolute atomic E-state index is 12.7. The molecule has 1 rings (SSSR count). The van der Waals surface area contributed by atoms with Crippen LogP contribution >= 0.6 is 15.9 Å². The quantitative estimate of drug-likeness (QED) is 0.834. The summed E-state index contributed by atoms with van der Waals surface area (Å²) in [7, 11) is 1.36. The number of hydrogen-bond acceptors (Lipinski definition) is 2. The average molecular weight is 383 g/mol. The van der Waals surface area contributed by atoms with Gasteiger partial charge in [-0.2, -0.15) is 13.2 Å². The highest BCUT2D eigenvalue weighted by Crippen LogP contribution is 2.34. The SMILES string of the molecule is CC(CN(C)C(=O)Nc1cc(C(F)(F)F)ccc1Br)C(=O)O. The molecule has 122 valence electrons. The summed E-state index contributed by atoms with van der Waals surface area (Å²) in [5.41, 5.74) is -0.942. The molecule has 0 bridgehead atoms. The number of carbonyl (C=O) groups is 2. The molecule has 1 aromatic carbocycles. The molecule has 0 saturated carbocycles. The number of nitrogens with one attached hydrogen (secondary N) is 1. The molecule has 0 fully saturated rings. The summed E-state index contributed by atoms with van der Waals surface area (Å²) in [4.78, 5) is 23.7. The summed E-state index contributed by atoms with van der Waals surface area (Å²) in [6.07, 6.45) is -4.52. The lowest BCUT2D eigenvalue weighted by Gasteiger charge is -2.21. The number of amides is 2. The highest BCUT2D eigenvalue weighted by molar-refractivity contribution is 9.10. The summed E-state index contributed by atoms with van der Waals surface area (Å²) in [6, 6.07) is 2.16. The van der Waals surface area contributed by atoms with Gasteiger partial charge in [0.1, 0.15) is 0 Å². The number of benzene rings is 1. The Morgan fingerprint density at radius 3 is 2.50 bits per heavy atom. The molecular formula is C13H14BrF3N2O3. The van der Waals surface area contributed by atoms with E-state index in [1.54, 1.807) is 0 Å². The van der Waals surface area contributed by atoms with Gasteiger partial charge in [-0.3, -0.25) is 4.79 Å². The molecular weight excluding hydrogens is 369 g/mol. The highest BCUT2D eigenvalue weighted by atomic mass is 79.9. The van der Waals surface area contributed by atoms with Crippen molar-refractivity contribution in [1.82, 2.24) is 4.90 Å². The molecule has 0 saturated heterocycles. The number of anilines is 1. The lowest BCUT2D eigenvalue weighted by Crippen LogP contribution is -2.36. The standard InChI is InChI=1S/C13H14BrF3N2O3/c1-7(11(20)21)6-19(2)12(22)18-10-5-8(13(15,16)17)3-4-9(10)14/h3-5,7H,6H2,1-2H3,(H,18,22)(H,20,21). The third kappa shape index (κ3) is 4.90. The van der Waals surface area contributed by atoms with E-state index in [2.05, 4.69) is 21.2 Å². The molecule has 0 heterocycles. The van der Waals surface area contributed by atoms with Crippen LogP contribution in [0.3, 0.4) is 0 Å². The average Bonchev–Trinajstić information content (AvgIpc) is 2.39. The van der Waals surface area contributed by atoms with E-state index in [1.165, 1.54) is 20.0 Å². The van der Waals surface area contributed by atoms with Crippen molar-refractivity contribution in [1.29, 1.82) is 0 Å². The van der Waals surface area contributed by atoms with Crippen molar-refractivity contribution in [2.24, 2.45) is 5.92 Å². The topological polar surface area (TPSA) is 69.6 Å². The molecule has 2 amide bonds. The predicted octanol–water partition coefficient (Wildman–Crippen LogP) is 3.65. The minimum Gasteiger partial charge on any atom is -0.481 e. The fraction of sp³-hybridized carbons (Fsp3) is 0.385. The summed E-state index contributed by atoms with van der Waals surface area (Å²) >= 11 is 3.05. The van der Waals surface area contributed by atoms with Crippen LogP contribution in [0.2, 0.25) is 0 Å². The molecule has 0 aromatic heterocycles. The predicted molar refractivity (Wildman–Crippen MR) is 77.6 cm³/mol. The minimum absolute atomic E-state index is 0.0466. The second kappa shape index (κ2) is 6.99. The summed E-state index contributed by atoms with van der Waals surface area (Å²) in [6.45, 7) is 1.35. The van der Waals surface area contributed by atoms with Crippen LogP contribution in [0, 0.1) is 5.92 Å². The third-order valence-electron chi connectivity index (χ3n) is 2.85. The fourth-order valence-corrected chi connectivity index (χ4v) is 1.93. The summed E-state index contributed by atoms with van der Waals surface area (Å²) in [5.74, 6) is -1.86. The number of urea groups is 1. The Kier molecular flexibility index (Phi) is 5.81. The van der Waals surface area contributed by atoms with Crippen molar-refractivity contribution in [3.63, 3.8) is 0 Å². The van der Waals surface area contributed by atoms with E-state index in [9.17, 15) is 22.8 Å². The van der Waals surface area contributed by atoms with Gasteiger partial charge >= 0.3 is 18.2 Å². The Balaban J connectivity index is 2.86. The second-order valence-electron chi connectivity index (χ2n) is 4.74. The van der Waals surface area contributed by atoms with Gasteiger partial charge in [0.15, 0.2) is 0 Å². The fourth-order valence-electron chi connectivity index (χ4n) is 1.58. The number of hydrogen-bond donors (Lipinski definition) is 2. The van der Waals surface area contributed by atoms with Crippen molar-refractivity contribution in [2.75, 3.05) is 18.9 Å². The van der Waals surface area contributed by atoms with Crippen LogP contribution in [0.1, 0.15) is 12.5 Å². The van der Waals surface area contributed by atoms with Crippen molar-refractivity contribution in [3.8, 4) is 0 Å². The van der Waals surface area contributed by atoms with Crippen LogP contribution in [0.4, 0.5) is 23.7 Å². The largest absolute Gasteiger partial charge is 0.481 e. The number of aliphatic carboxylic acids is 1. The molecule has 1 unspecified atom stereocenters. The van der Waals surface area contributed by atoms with Crippen LogP contribution < -0.4 is 5.32 Å². The Morgan fingerprint density at radius 2 is 2.00 bits per heavy atom. The highest BCUT2D eigenvalue weighted by Gasteiger charge is 2.31. The van der Waals surface area contributed by atoms with Crippen molar-refractivity contribution in [3.05, 3.63) is 28.2 Å². The Bertz CT molecular complexity index is 578. The van der Waals surface area contributed by atoms with Gasteiger partial charge in [-0.05, 0) is 34.1 Å². The maximum Gasteiger partial charge on any atom is 0.416 e. The zero-order valence-electron chi connectivity index (χ0n) is 11.7. The van der Waals surface area contributed by atoms with Crippen molar-refractivity contribution in [2.45, 2.75) is 13.1 Å². The zero-order chi connectivity index (χ0) is 17.1. The van der Waals surface area contributed by atoms with Gasteiger partial charge in [-0.1, -0.05) is 6.92 Å². The molecule has 0 radical (unpaired) electrons. The first kappa shape index (κ1) is 18.3. The molecule has 22 heavy (non-hydrogen) atoms. The van der Waals surface area contributed by atoms with Crippen LogP contribution in [-0.2, 0) is 11.0 Å². The lowest BCUT2D eigenvalue weighted by atomic mass is 10.2. The maximum atomic E-state index is 12.7. The second-order valence-corrected chi connectivity index (χ2v) is 5.60. The number of rotatable bonds is 4. The normalized spacial score (nSPS) is 12.6. The first-order chi connectivity index (χ1) is 10.0. The summed E-state index contributed by atoms with van der Waals surface area (Å²) < 4.78 is 38.2. The smallest absolute Gasteiger partial charge is 0.416 e. The molecule has 1 aromatic rings. The van der Waals surface area contributed by atoms with Crippen LogP contribution in [-0.4, -0.2) is 35.6 Å². The Hall–Kier alpha value is -1.77. The molecule has 0 spiro atoms. The third-order valence-corrected chi connectivity index (χ3v) is 3.54. The first-order valence-corrected chi connectivity index (χ1v) is 6.93. The van der Waals surface area contributed by atoms with E-state index in [0.29, 0.717) is 0 Å². The number of carboxylic acids is 1. The Morgan fingerprint density at radius 1 is 1.41 bits per heavy atom. The van der Waals surface area contributed by atoms with Gasteiger partial charge in [0.05, 0.1) is 17.2 Å². The van der Waals surface area contributed by atoms with Gasteiger partial charge in [-0.25, -0.2) is 4.79 Å². The molecule has 2 N–H and O–H groups in total. The van der Waals surface area contributed by atoms with E-state index in [4.69, 9.17) is 5.11 Å². The molecule has 9 heteroatoms. The molecule has 1 atom stereocenters. The molecule has 0 aliphatic heterocycles. The van der Waals surface area contributed by atoms with E-state index in [-0.39, 0.29) is 16.7 Å². The molecule has 0 aliphatic carbocycles. The molecule has 0 aliphatic rings. The van der Waals surface area contributed by atoms with Crippen LogP contribution in [0.15, 0.2) is 22.7 Å². The van der Waals surface area contributed by atoms with Gasteiger partial charge in [0.25, 0.3) is 0 Å². The number of halogens is 4. The van der Waals surface area contributed by atoms with Crippen molar-refractivity contribution >= 4 is 33.6 Å². The first-order valence-electron chi connectivity index (χ1n) is 6.14. The number of nitrogens with zero attached hydrogens (tertiary/aromatic N) is 1. The number of alkyl halides is 3. The van der Waals surface area contributed by atoms with Gasteiger partial charge in [-0.15, -0.1) is 0 Å². The number of carboxylic acid groups (broad SMARTS) is 1. The Labute approximate surface area is 133 Å². The van der Waals surface area contributed by atoms with E-state index < -0.39 is 29.7 Å². The van der Waals surface area contributed by atoms with Crippen molar-refractivity contribution < 1.29 is 27.9 Å². The van der Waals surface area contributed by atoms with Gasteiger partial charge < -0.3 is 15.3 Å². The lowest BCUT2D eigenvalue weighted by molar-refractivity contribution is -0.141. The zero-order valence-corrected chi connectivity index (χ0v) is 13.3. The van der Waals surface area contributed by atoms with Gasteiger partial charge in [0.2, 0.25) is 0 Å². The summed E-state index contributed by atoms with van der Waals surface area (Å²) in [5, 5.41) is 11.1. The molecule has 5 nitrogen and oxygen atoms in total. The minimum atomic E-state index is -4.52. The van der Waals surface area contributed by atoms with Gasteiger partial charge in [0, 0.05) is 18.1 Å².